The predicted octanol–water partition coefficient (Wildman–Crippen LogP) is 4.62. The summed E-state index contributed by atoms with van der Waals surface area (Å²) in [6, 6.07) is 14.8. The van der Waals surface area contributed by atoms with Crippen LogP contribution in [0.1, 0.15) is 19.4 Å². The normalized spacial score (nSPS) is 12.0. The molecule has 6 nitrogen and oxygen atoms in total. The van der Waals surface area contributed by atoms with Gasteiger partial charge in [-0.15, -0.1) is 0 Å². The van der Waals surface area contributed by atoms with Gasteiger partial charge < -0.3 is 9.72 Å². The van der Waals surface area contributed by atoms with Crippen molar-refractivity contribution in [2.45, 2.75) is 30.6 Å². The standard InChI is InChI=1S/C23H23N3O3S/c1-15(2)30(27,28)18-10-8-16(9-11-18)21-13-25-23-22(26-21)20(12-24-23)19-7-5-4-6-17(19)14-29-3/h4-13,15H,14H2,1-3H3,(H,24,25). The third kappa shape index (κ3) is 3.62. The first kappa shape index (κ1) is 20.3. The lowest BCUT2D eigenvalue weighted by Gasteiger charge is -2.09. The molecule has 0 unspecified atom stereocenters. The third-order valence-electron chi connectivity index (χ3n) is 5.09. The van der Waals surface area contributed by atoms with Crippen LogP contribution >= 0.6 is 0 Å². The summed E-state index contributed by atoms with van der Waals surface area (Å²) in [4.78, 5) is 12.8. The van der Waals surface area contributed by atoms with Crippen molar-refractivity contribution in [2.75, 3.05) is 7.11 Å². The molecule has 2 aromatic heterocycles. The molecule has 30 heavy (non-hydrogen) atoms. The van der Waals surface area contributed by atoms with E-state index in [2.05, 4.69) is 9.97 Å². The van der Waals surface area contributed by atoms with Crippen LogP contribution < -0.4 is 0 Å². The Balaban J connectivity index is 1.77. The van der Waals surface area contributed by atoms with Crippen molar-refractivity contribution in [1.82, 2.24) is 15.0 Å². The van der Waals surface area contributed by atoms with E-state index in [1.54, 1.807) is 51.4 Å². The number of methoxy groups -OCH3 is 1. The predicted molar refractivity (Wildman–Crippen MR) is 118 cm³/mol. The second-order valence-corrected chi connectivity index (χ2v) is 9.87. The van der Waals surface area contributed by atoms with Crippen molar-refractivity contribution in [2.24, 2.45) is 0 Å². The van der Waals surface area contributed by atoms with Crippen LogP contribution in [0.5, 0.6) is 0 Å². The second kappa shape index (κ2) is 8.01. The lowest BCUT2D eigenvalue weighted by atomic mass is 10.0. The average molecular weight is 422 g/mol. The Bertz CT molecular complexity index is 1290. The van der Waals surface area contributed by atoms with Gasteiger partial charge in [-0.05, 0) is 37.1 Å². The number of hydrogen-bond donors (Lipinski definition) is 1. The molecule has 4 rings (SSSR count). The number of H-pyrrole nitrogens is 1. The van der Waals surface area contributed by atoms with Gasteiger partial charge in [0.15, 0.2) is 15.5 Å². The van der Waals surface area contributed by atoms with Crippen LogP contribution in [0.25, 0.3) is 33.5 Å². The Morgan fingerprint density at radius 1 is 1.03 bits per heavy atom. The molecule has 0 bridgehead atoms. The number of hydrogen-bond acceptors (Lipinski definition) is 5. The molecule has 2 aromatic carbocycles. The maximum atomic E-state index is 12.4. The summed E-state index contributed by atoms with van der Waals surface area (Å²) >= 11 is 0. The summed E-state index contributed by atoms with van der Waals surface area (Å²) in [6.07, 6.45) is 3.59. The van der Waals surface area contributed by atoms with E-state index in [-0.39, 0.29) is 0 Å². The number of fused-ring (bicyclic) bond motifs is 1. The molecule has 0 aliphatic carbocycles. The minimum Gasteiger partial charge on any atom is -0.380 e. The number of aromatic nitrogens is 3. The van der Waals surface area contributed by atoms with Crippen molar-refractivity contribution >= 4 is 21.0 Å². The molecular weight excluding hydrogens is 398 g/mol. The summed E-state index contributed by atoms with van der Waals surface area (Å²) in [5, 5.41) is -0.464. The molecule has 0 spiro atoms. The molecule has 0 amide bonds. The fourth-order valence-corrected chi connectivity index (χ4v) is 4.45. The lowest BCUT2D eigenvalue weighted by Crippen LogP contribution is -2.13. The monoisotopic (exact) mass is 421 g/mol. The van der Waals surface area contributed by atoms with Crippen LogP contribution in [0, 0.1) is 0 Å². The van der Waals surface area contributed by atoms with E-state index in [1.807, 2.05) is 30.5 Å². The maximum Gasteiger partial charge on any atom is 0.180 e. The minimum absolute atomic E-state index is 0.311. The number of nitrogens with one attached hydrogen (secondary N) is 1. The fraction of sp³-hybridized carbons (Fsp3) is 0.217. The molecule has 1 N–H and O–H groups in total. The highest BCUT2D eigenvalue weighted by atomic mass is 32.2. The zero-order valence-corrected chi connectivity index (χ0v) is 17.9. The molecular formula is C23H23N3O3S. The smallest absolute Gasteiger partial charge is 0.180 e. The quantitative estimate of drug-likeness (QED) is 0.491. The molecule has 0 saturated carbocycles. The van der Waals surface area contributed by atoms with Gasteiger partial charge >= 0.3 is 0 Å². The maximum absolute atomic E-state index is 12.4. The number of benzene rings is 2. The number of rotatable bonds is 6. The number of sulfone groups is 1. The SMILES string of the molecule is COCc1ccccc1-c1c[nH]c2ncc(-c3ccc(S(=O)(=O)C(C)C)cc3)nc12. The van der Waals surface area contributed by atoms with E-state index >= 15 is 0 Å². The first-order valence-electron chi connectivity index (χ1n) is 9.67. The van der Waals surface area contributed by atoms with Gasteiger partial charge in [0.1, 0.15) is 5.52 Å². The van der Waals surface area contributed by atoms with Crippen LogP contribution in [0.15, 0.2) is 65.8 Å². The second-order valence-electron chi connectivity index (χ2n) is 7.36. The van der Waals surface area contributed by atoms with Crippen molar-refractivity contribution in [1.29, 1.82) is 0 Å². The van der Waals surface area contributed by atoms with Gasteiger partial charge in [-0.25, -0.2) is 18.4 Å². The summed E-state index contributed by atoms with van der Waals surface area (Å²) in [7, 11) is -1.63. The van der Waals surface area contributed by atoms with Crippen molar-refractivity contribution in [3.8, 4) is 22.4 Å². The Kier molecular flexibility index (Phi) is 5.40. The third-order valence-corrected chi connectivity index (χ3v) is 7.26. The van der Waals surface area contributed by atoms with Crippen LogP contribution in [0.2, 0.25) is 0 Å². The van der Waals surface area contributed by atoms with E-state index in [1.165, 1.54) is 0 Å². The van der Waals surface area contributed by atoms with Gasteiger partial charge in [0.05, 0.1) is 28.6 Å². The zero-order valence-electron chi connectivity index (χ0n) is 17.1. The van der Waals surface area contributed by atoms with E-state index in [0.29, 0.717) is 22.8 Å². The number of nitrogens with zero attached hydrogens (tertiary/aromatic N) is 2. The highest BCUT2D eigenvalue weighted by Crippen LogP contribution is 2.31. The Labute approximate surface area is 175 Å². The molecule has 2 heterocycles. The summed E-state index contributed by atoms with van der Waals surface area (Å²) in [5.74, 6) is 0. The van der Waals surface area contributed by atoms with Gasteiger partial charge in [-0.2, -0.15) is 0 Å². The van der Waals surface area contributed by atoms with Crippen molar-refractivity contribution in [3.63, 3.8) is 0 Å². The van der Waals surface area contributed by atoms with E-state index in [9.17, 15) is 8.42 Å². The molecule has 7 heteroatoms. The van der Waals surface area contributed by atoms with E-state index in [4.69, 9.17) is 9.72 Å². The highest BCUT2D eigenvalue weighted by Gasteiger charge is 2.19. The Morgan fingerprint density at radius 3 is 2.47 bits per heavy atom. The molecule has 0 aliphatic rings. The van der Waals surface area contributed by atoms with Crippen LogP contribution in [0.3, 0.4) is 0 Å². The summed E-state index contributed by atoms with van der Waals surface area (Å²) in [6.45, 7) is 3.86. The van der Waals surface area contributed by atoms with Gasteiger partial charge in [0, 0.05) is 24.4 Å². The summed E-state index contributed by atoms with van der Waals surface area (Å²) < 4.78 is 30.1. The van der Waals surface area contributed by atoms with Crippen LogP contribution in [0.4, 0.5) is 0 Å². The van der Waals surface area contributed by atoms with Crippen molar-refractivity contribution < 1.29 is 13.2 Å². The first-order valence-corrected chi connectivity index (χ1v) is 11.2. The molecule has 0 saturated heterocycles. The van der Waals surface area contributed by atoms with Gasteiger partial charge in [-0.1, -0.05) is 36.4 Å². The zero-order chi connectivity index (χ0) is 21.3. The Morgan fingerprint density at radius 2 is 1.77 bits per heavy atom. The molecule has 154 valence electrons. The highest BCUT2D eigenvalue weighted by molar-refractivity contribution is 7.92. The average Bonchev–Trinajstić information content (AvgIpc) is 3.17. The number of ether oxygens (including phenoxy) is 1. The molecule has 0 aliphatic heterocycles. The van der Waals surface area contributed by atoms with Crippen molar-refractivity contribution in [3.05, 3.63) is 66.5 Å². The molecule has 0 atom stereocenters. The van der Waals surface area contributed by atoms with Crippen LogP contribution in [-0.2, 0) is 21.2 Å². The first-order chi connectivity index (χ1) is 14.4. The topological polar surface area (TPSA) is 84.9 Å². The number of aromatic amines is 1. The fourth-order valence-electron chi connectivity index (χ4n) is 3.39. The van der Waals surface area contributed by atoms with Gasteiger partial charge in [-0.3, -0.25) is 0 Å². The van der Waals surface area contributed by atoms with Crippen LogP contribution in [-0.4, -0.2) is 35.7 Å². The van der Waals surface area contributed by atoms with E-state index in [0.717, 1.165) is 27.8 Å². The van der Waals surface area contributed by atoms with E-state index < -0.39 is 15.1 Å². The molecule has 0 fully saturated rings. The largest absolute Gasteiger partial charge is 0.380 e. The lowest BCUT2D eigenvalue weighted by molar-refractivity contribution is 0.185. The summed E-state index contributed by atoms with van der Waals surface area (Å²) in [5.41, 5.74) is 6.00. The molecule has 4 aromatic rings. The van der Waals surface area contributed by atoms with Gasteiger partial charge in [0.2, 0.25) is 0 Å². The minimum atomic E-state index is -3.31. The molecule has 0 radical (unpaired) electrons. The Hall–Kier alpha value is -3.03. The van der Waals surface area contributed by atoms with Gasteiger partial charge in [0.25, 0.3) is 0 Å².